The van der Waals surface area contributed by atoms with Crippen LogP contribution in [0.3, 0.4) is 0 Å². The van der Waals surface area contributed by atoms with E-state index in [1.54, 1.807) is 13.0 Å². The summed E-state index contributed by atoms with van der Waals surface area (Å²) < 4.78 is 5.71. The summed E-state index contributed by atoms with van der Waals surface area (Å²) in [4.78, 5) is 10.1. The van der Waals surface area contributed by atoms with Crippen LogP contribution in [-0.4, -0.2) is 22.7 Å². The van der Waals surface area contributed by atoms with Gasteiger partial charge in [-0.3, -0.25) is 10.1 Å². The number of benzene rings is 1. The van der Waals surface area contributed by atoms with Crippen LogP contribution in [0.4, 0.5) is 5.69 Å². The average molecular weight is 276 g/mol. The van der Waals surface area contributed by atoms with Crippen molar-refractivity contribution < 1.29 is 14.8 Å². The summed E-state index contributed by atoms with van der Waals surface area (Å²) in [5, 5.41) is 19.7. The molecular formula is C9H10BrNO4. The standard InChI is InChI=1S/C9H10BrNO4/c1-6(12)5-15-9-3-2-7(10)4-8(9)11(13)14/h2-4,6,12H,5H2,1H3. The fourth-order valence-corrected chi connectivity index (χ4v) is 1.31. The van der Waals surface area contributed by atoms with E-state index < -0.39 is 11.0 Å². The number of nitro benzene ring substituents is 1. The lowest BCUT2D eigenvalue weighted by Gasteiger charge is -2.08. The van der Waals surface area contributed by atoms with E-state index in [9.17, 15) is 10.1 Å². The Bertz CT molecular complexity index is 367. The lowest BCUT2D eigenvalue weighted by molar-refractivity contribution is -0.386. The van der Waals surface area contributed by atoms with E-state index in [2.05, 4.69) is 15.9 Å². The zero-order valence-corrected chi connectivity index (χ0v) is 9.60. The number of nitrogens with zero attached hydrogens (tertiary/aromatic N) is 1. The first-order valence-electron chi connectivity index (χ1n) is 4.25. The zero-order valence-electron chi connectivity index (χ0n) is 8.01. The van der Waals surface area contributed by atoms with Gasteiger partial charge < -0.3 is 9.84 Å². The van der Waals surface area contributed by atoms with Gasteiger partial charge in [-0.15, -0.1) is 0 Å². The molecule has 6 heteroatoms. The van der Waals surface area contributed by atoms with E-state index in [-0.39, 0.29) is 18.0 Å². The topological polar surface area (TPSA) is 72.6 Å². The third-order valence-electron chi connectivity index (χ3n) is 1.60. The van der Waals surface area contributed by atoms with E-state index in [1.807, 2.05) is 0 Å². The minimum absolute atomic E-state index is 0.0302. The molecule has 1 aromatic rings. The molecule has 0 radical (unpaired) electrons. The molecule has 0 fully saturated rings. The molecule has 0 aromatic heterocycles. The highest BCUT2D eigenvalue weighted by Crippen LogP contribution is 2.29. The fourth-order valence-electron chi connectivity index (χ4n) is 0.966. The van der Waals surface area contributed by atoms with Gasteiger partial charge in [0.1, 0.15) is 6.61 Å². The van der Waals surface area contributed by atoms with Crippen LogP contribution in [0.15, 0.2) is 22.7 Å². The number of halogens is 1. The summed E-state index contributed by atoms with van der Waals surface area (Å²) >= 11 is 3.14. The maximum atomic E-state index is 10.7. The van der Waals surface area contributed by atoms with E-state index in [0.717, 1.165) is 0 Å². The van der Waals surface area contributed by atoms with Gasteiger partial charge >= 0.3 is 5.69 Å². The highest BCUT2D eigenvalue weighted by Gasteiger charge is 2.15. The van der Waals surface area contributed by atoms with Gasteiger partial charge in [-0.05, 0) is 19.1 Å². The first-order chi connectivity index (χ1) is 7.00. The second-order valence-electron chi connectivity index (χ2n) is 3.03. The Hall–Kier alpha value is -1.14. The molecule has 0 heterocycles. The van der Waals surface area contributed by atoms with E-state index in [0.29, 0.717) is 4.47 Å². The van der Waals surface area contributed by atoms with Gasteiger partial charge in [0.15, 0.2) is 5.75 Å². The summed E-state index contributed by atoms with van der Waals surface area (Å²) in [6.45, 7) is 1.58. The number of rotatable bonds is 4. The van der Waals surface area contributed by atoms with Gasteiger partial charge in [0, 0.05) is 10.5 Å². The quantitative estimate of drug-likeness (QED) is 0.675. The van der Waals surface area contributed by atoms with Crippen molar-refractivity contribution in [3.8, 4) is 5.75 Å². The lowest BCUT2D eigenvalue weighted by Crippen LogP contribution is -2.13. The highest BCUT2D eigenvalue weighted by molar-refractivity contribution is 9.10. The molecule has 0 aliphatic rings. The predicted octanol–water partition coefficient (Wildman–Crippen LogP) is 2.12. The first kappa shape index (κ1) is 11.9. The molecule has 1 aromatic carbocycles. The van der Waals surface area contributed by atoms with Crippen molar-refractivity contribution in [2.24, 2.45) is 0 Å². The number of aliphatic hydroxyl groups is 1. The second-order valence-corrected chi connectivity index (χ2v) is 3.94. The Morgan fingerprint density at radius 1 is 1.67 bits per heavy atom. The number of nitro groups is 1. The fraction of sp³-hybridized carbons (Fsp3) is 0.333. The van der Waals surface area contributed by atoms with E-state index in [1.165, 1.54) is 12.1 Å². The van der Waals surface area contributed by atoms with Gasteiger partial charge in [-0.2, -0.15) is 0 Å². The van der Waals surface area contributed by atoms with Crippen LogP contribution in [0.5, 0.6) is 5.75 Å². The van der Waals surface area contributed by atoms with Crippen molar-refractivity contribution in [1.82, 2.24) is 0 Å². The first-order valence-corrected chi connectivity index (χ1v) is 5.05. The Morgan fingerprint density at radius 3 is 2.87 bits per heavy atom. The number of hydrogen-bond donors (Lipinski definition) is 1. The monoisotopic (exact) mass is 275 g/mol. The summed E-state index contributed by atoms with van der Waals surface area (Å²) in [5.74, 6) is 0.157. The van der Waals surface area contributed by atoms with Crippen molar-refractivity contribution in [2.45, 2.75) is 13.0 Å². The van der Waals surface area contributed by atoms with Crippen LogP contribution in [0.1, 0.15) is 6.92 Å². The summed E-state index contributed by atoms with van der Waals surface area (Å²) in [6, 6.07) is 4.49. The van der Waals surface area contributed by atoms with E-state index >= 15 is 0 Å². The molecule has 82 valence electrons. The van der Waals surface area contributed by atoms with Crippen molar-refractivity contribution in [3.05, 3.63) is 32.8 Å². The lowest BCUT2D eigenvalue weighted by atomic mass is 10.3. The molecule has 0 saturated heterocycles. The van der Waals surface area contributed by atoms with Crippen molar-refractivity contribution >= 4 is 21.6 Å². The molecule has 0 aliphatic heterocycles. The third-order valence-corrected chi connectivity index (χ3v) is 2.09. The number of aliphatic hydroxyl groups excluding tert-OH is 1. The van der Waals surface area contributed by atoms with Gasteiger partial charge in [0.2, 0.25) is 0 Å². The Balaban J connectivity index is 2.91. The molecule has 5 nitrogen and oxygen atoms in total. The number of ether oxygens (including phenoxy) is 1. The summed E-state index contributed by atoms with van der Waals surface area (Å²) in [7, 11) is 0. The molecule has 1 rings (SSSR count). The van der Waals surface area contributed by atoms with Gasteiger partial charge in [0.05, 0.1) is 11.0 Å². The van der Waals surface area contributed by atoms with Gasteiger partial charge in [-0.1, -0.05) is 15.9 Å². The van der Waals surface area contributed by atoms with Crippen LogP contribution in [0.25, 0.3) is 0 Å². The van der Waals surface area contributed by atoms with Crippen LogP contribution in [0.2, 0.25) is 0 Å². The third kappa shape index (κ3) is 3.49. The smallest absolute Gasteiger partial charge is 0.312 e. The van der Waals surface area contributed by atoms with Crippen LogP contribution < -0.4 is 4.74 Å². The molecular weight excluding hydrogens is 266 g/mol. The van der Waals surface area contributed by atoms with Crippen molar-refractivity contribution in [3.63, 3.8) is 0 Å². The molecule has 1 N–H and O–H groups in total. The second kappa shape index (κ2) is 5.09. The normalized spacial score (nSPS) is 12.2. The SMILES string of the molecule is CC(O)COc1ccc(Br)cc1[N+](=O)[O-]. The van der Waals surface area contributed by atoms with Gasteiger partial charge in [0.25, 0.3) is 0 Å². The molecule has 0 saturated carbocycles. The summed E-state index contributed by atoms with van der Waals surface area (Å²) in [6.07, 6.45) is -0.659. The zero-order chi connectivity index (χ0) is 11.4. The van der Waals surface area contributed by atoms with Crippen LogP contribution in [-0.2, 0) is 0 Å². The van der Waals surface area contributed by atoms with Crippen molar-refractivity contribution in [2.75, 3.05) is 6.61 Å². The molecule has 0 spiro atoms. The average Bonchev–Trinajstić information content (AvgIpc) is 2.15. The summed E-state index contributed by atoms with van der Waals surface area (Å²) in [5.41, 5.74) is -0.120. The molecule has 0 aliphatic carbocycles. The molecule has 15 heavy (non-hydrogen) atoms. The predicted molar refractivity (Wildman–Crippen MR) is 58.0 cm³/mol. The molecule has 1 unspecified atom stereocenters. The Labute approximate surface area is 95.0 Å². The van der Waals surface area contributed by atoms with Gasteiger partial charge in [-0.25, -0.2) is 0 Å². The van der Waals surface area contributed by atoms with Crippen LogP contribution >= 0.6 is 15.9 Å². The van der Waals surface area contributed by atoms with Crippen molar-refractivity contribution in [1.29, 1.82) is 0 Å². The van der Waals surface area contributed by atoms with Crippen LogP contribution in [0, 0.1) is 10.1 Å². The molecule has 1 atom stereocenters. The maximum Gasteiger partial charge on any atom is 0.312 e. The van der Waals surface area contributed by atoms with E-state index in [4.69, 9.17) is 9.84 Å². The highest BCUT2D eigenvalue weighted by atomic mass is 79.9. The molecule has 0 amide bonds. The molecule has 0 bridgehead atoms. The Morgan fingerprint density at radius 2 is 2.33 bits per heavy atom. The minimum atomic E-state index is -0.659. The largest absolute Gasteiger partial charge is 0.484 e. The maximum absolute atomic E-state index is 10.7. The Kier molecular flexibility index (Phi) is 4.05. The minimum Gasteiger partial charge on any atom is -0.484 e. The number of hydrogen-bond acceptors (Lipinski definition) is 4.